The Bertz CT molecular complexity index is 426. The van der Waals surface area contributed by atoms with E-state index in [0.717, 1.165) is 5.56 Å². The van der Waals surface area contributed by atoms with Crippen LogP contribution >= 0.6 is 0 Å². The second-order valence-corrected chi connectivity index (χ2v) is 3.13. The number of para-hydroxylation sites is 1. The van der Waals surface area contributed by atoms with Gasteiger partial charge in [0.15, 0.2) is 11.6 Å². The first-order chi connectivity index (χ1) is 7.36. The molecule has 75 valence electrons. The molecule has 0 aromatic heterocycles. The fourth-order valence-corrected chi connectivity index (χ4v) is 1.24. The molecule has 0 amide bonds. The predicted octanol–water partition coefficient (Wildman–Crippen LogP) is 3.20. The maximum atomic E-state index is 13.2. The number of benzene rings is 2. The van der Waals surface area contributed by atoms with Gasteiger partial charge in [-0.15, -0.1) is 0 Å². The average Bonchev–Trinajstić information content (AvgIpc) is 2.29. The van der Waals surface area contributed by atoms with Gasteiger partial charge in [0.25, 0.3) is 0 Å². The Morgan fingerprint density at radius 1 is 1.13 bits per heavy atom. The van der Waals surface area contributed by atoms with E-state index in [9.17, 15) is 4.39 Å². The summed E-state index contributed by atoms with van der Waals surface area (Å²) in [5.74, 6) is -0.0567. The second-order valence-electron chi connectivity index (χ2n) is 3.13. The first-order valence-corrected chi connectivity index (χ1v) is 4.68. The first kappa shape index (κ1) is 9.71. The molecule has 2 rings (SSSR count). The molecule has 1 nitrogen and oxygen atoms in total. The second kappa shape index (κ2) is 4.60. The molecule has 0 heterocycles. The minimum atomic E-state index is -0.336. The van der Waals surface area contributed by atoms with E-state index in [2.05, 4.69) is 6.07 Å². The third-order valence-corrected chi connectivity index (χ3v) is 2.00. The van der Waals surface area contributed by atoms with Crippen molar-refractivity contribution in [3.63, 3.8) is 0 Å². The molecule has 0 aliphatic rings. The molecule has 1 radical (unpaired) electrons. The van der Waals surface area contributed by atoms with Gasteiger partial charge in [-0.25, -0.2) is 4.39 Å². The van der Waals surface area contributed by atoms with Gasteiger partial charge in [-0.1, -0.05) is 30.3 Å². The summed E-state index contributed by atoms with van der Waals surface area (Å²) >= 11 is 0. The van der Waals surface area contributed by atoms with Gasteiger partial charge in [0.05, 0.1) is 0 Å². The highest BCUT2D eigenvalue weighted by atomic mass is 19.1. The Hall–Kier alpha value is -1.83. The molecular formula is C13H10FO. The maximum Gasteiger partial charge on any atom is 0.165 e. The third-order valence-electron chi connectivity index (χ3n) is 2.00. The van der Waals surface area contributed by atoms with Crippen LogP contribution in [0.25, 0.3) is 0 Å². The van der Waals surface area contributed by atoms with Crippen LogP contribution in [0.2, 0.25) is 0 Å². The van der Waals surface area contributed by atoms with Crippen LogP contribution in [0.5, 0.6) is 5.75 Å². The molecule has 0 aliphatic heterocycles. The van der Waals surface area contributed by atoms with Gasteiger partial charge in [-0.2, -0.15) is 0 Å². The molecule has 2 aromatic carbocycles. The molecule has 0 atom stereocenters. The van der Waals surface area contributed by atoms with Crippen molar-refractivity contribution >= 4 is 0 Å². The molecule has 0 spiro atoms. The number of hydrogen-bond acceptors (Lipinski definition) is 1. The number of ether oxygens (including phenoxy) is 1. The molecule has 2 aromatic rings. The molecule has 0 saturated carbocycles. The SMILES string of the molecule is Fc1ccccc1OCc1c[c]ccc1. The van der Waals surface area contributed by atoms with Crippen LogP contribution < -0.4 is 4.74 Å². The Kier molecular flexibility index (Phi) is 2.98. The summed E-state index contributed by atoms with van der Waals surface area (Å²) in [5.41, 5.74) is 0.973. The van der Waals surface area contributed by atoms with Gasteiger partial charge in [0, 0.05) is 0 Å². The quantitative estimate of drug-likeness (QED) is 0.741. The summed E-state index contributed by atoms with van der Waals surface area (Å²) < 4.78 is 18.5. The maximum absolute atomic E-state index is 13.2. The minimum Gasteiger partial charge on any atom is -0.486 e. The summed E-state index contributed by atoms with van der Waals surface area (Å²) in [5, 5.41) is 0. The van der Waals surface area contributed by atoms with Crippen molar-refractivity contribution < 1.29 is 9.13 Å². The molecule has 0 fully saturated rings. The molecule has 0 saturated heterocycles. The van der Waals surface area contributed by atoms with E-state index in [-0.39, 0.29) is 11.6 Å². The molecule has 0 N–H and O–H groups in total. The smallest absolute Gasteiger partial charge is 0.165 e. The van der Waals surface area contributed by atoms with Crippen molar-refractivity contribution in [2.24, 2.45) is 0 Å². The summed E-state index contributed by atoms with van der Waals surface area (Å²) in [4.78, 5) is 0. The van der Waals surface area contributed by atoms with E-state index in [1.807, 2.05) is 24.3 Å². The van der Waals surface area contributed by atoms with E-state index in [0.29, 0.717) is 6.61 Å². The van der Waals surface area contributed by atoms with Crippen LogP contribution in [0.4, 0.5) is 4.39 Å². The van der Waals surface area contributed by atoms with Gasteiger partial charge in [-0.05, 0) is 29.8 Å². The monoisotopic (exact) mass is 201 g/mol. The largest absolute Gasteiger partial charge is 0.486 e. The molecule has 0 aliphatic carbocycles. The van der Waals surface area contributed by atoms with E-state index >= 15 is 0 Å². The lowest BCUT2D eigenvalue weighted by atomic mass is 10.2. The van der Waals surface area contributed by atoms with Crippen molar-refractivity contribution in [1.82, 2.24) is 0 Å². The Balaban J connectivity index is 2.03. The Labute approximate surface area is 88.1 Å². The normalized spacial score (nSPS) is 9.93. The van der Waals surface area contributed by atoms with Crippen LogP contribution in [-0.2, 0) is 6.61 Å². The zero-order valence-corrected chi connectivity index (χ0v) is 8.11. The molecule has 2 heteroatoms. The van der Waals surface area contributed by atoms with E-state index in [1.54, 1.807) is 18.2 Å². The van der Waals surface area contributed by atoms with Gasteiger partial charge in [0.1, 0.15) is 6.61 Å². The van der Waals surface area contributed by atoms with Crippen LogP contribution in [-0.4, -0.2) is 0 Å². The van der Waals surface area contributed by atoms with Gasteiger partial charge >= 0.3 is 0 Å². The zero-order chi connectivity index (χ0) is 10.5. The predicted molar refractivity (Wildman–Crippen MR) is 56.0 cm³/mol. The summed E-state index contributed by atoms with van der Waals surface area (Å²) in [6.45, 7) is 0.359. The first-order valence-electron chi connectivity index (χ1n) is 4.68. The third kappa shape index (κ3) is 2.56. The molecular weight excluding hydrogens is 191 g/mol. The molecule has 15 heavy (non-hydrogen) atoms. The van der Waals surface area contributed by atoms with Crippen LogP contribution in [0.1, 0.15) is 5.56 Å². The highest BCUT2D eigenvalue weighted by Gasteiger charge is 2.00. The highest BCUT2D eigenvalue weighted by Crippen LogP contribution is 2.16. The van der Waals surface area contributed by atoms with Crippen molar-refractivity contribution in [3.05, 3.63) is 66.0 Å². The fraction of sp³-hybridized carbons (Fsp3) is 0.0769. The van der Waals surface area contributed by atoms with Crippen LogP contribution in [0, 0.1) is 11.9 Å². The van der Waals surface area contributed by atoms with E-state index in [4.69, 9.17) is 4.74 Å². The lowest BCUT2D eigenvalue weighted by Crippen LogP contribution is -1.96. The lowest BCUT2D eigenvalue weighted by molar-refractivity contribution is 0.290. The van der Waals surface area contributed by atoms with Gasteiger partial charge < -0.3 is 4.74 Å². The standard InChI is InChI=1S/C13H10FO/c14-12-8-4-5-9-13(12)15-10-11-6-2-1-3-7-11/h1-2,4-9H,10H2. The Morgan fingerprint density at radius 3 is 2.73 bits per heavy atom. The summed E-state index contributed by atoms with van der Waals surface area (Å²) in [6, 6.07) is 16.7. The zero-order valence-electron chi connectivity index (χ0n) is 8.11. The number of hydrogen-bond donors (Lipinski definition) is 0. The van der Waals surface area contributed by atoms with Crippen LogP contribution in [0.15, 0.2) is 48.5 Å². The number of rotatable bonds is 3. The van der Waals surface area contributed by atoms with Crippen molar-refractivity contribution in [1.29, 1.82) is 0 Å². The molecule has 0 unspecified atom stereocenters. The van der Waals surface area contributed by atoms with Gasteiger partial charge in [0.2, 0.25) is 0 Å². The van der Waals surface area contributed by atoms with E-state index < -0.39 is 0 Å². The minimum absolute atomic E-state index is 0.279. The van der Waals surface area contributed by atoms with Crippen molar-refractivity contribution in [2.45, 2.75) is 6.61 Å². The fourth-order valence-electron chi connectivity index (χ4n) is 1.24. The van der Waals surface area contributed by atoms with E-state index in [1.165, 1.54) is 6.07 Å². The topological polar surface area (TPSA) is 9.23 Å². The van der Waals surface area contributed by atoms with Crippen molar-refractivity contribution in [2.75, 3.05) is 0 Å². The lowest BCUT2D eigenvalue weighted by Gasteiger charge is -2.06. The number of halogens is 1. The average molecular weight is 201 g/mol. The van der Waals surface area contributed by atoms with Crippen LogP contribution in [0.3, 0.4) is 0 Å². The van der Waals surface area contributed by atoms with Crippen molar-refractivity contribution in [3.8, 4) is 5.75 Å². The van der Waals surface area contributed by atoms with Gasteiger partial charge in [-0.3, -0.25) is 0 Å². The Morgan fingerprint density at radius 2 is 2.00 bits per heavy atom. The molecule has 0 bridgehead atoms. The summed E-state index contributed by atoms with van der Waals surface area (Å²) in [6.07, 6.45) is 0. The summed E-state index contributed by atoms with van der Waals surface area (Å²) in [7, 11) is 0. The highest BCUT2D eigenvalue weighted by molar-refractivity contribution is 5.24.